The Balaban J connectivity index is 0.000000175. The molecule has 6 N–H and O–H groups in total. The summed E-state index contributed by atoms with van der Waals surface area (Å²) in [6.45, 7) is 16.6. The summed E-state index contributed by atoms with van der Waals surface area (Å²) < 4.78 is 55.3. The predicted molar refractivity (Wildman–Crippen MR) is 223 cm³/mol. The van der Waals surface area contributed by atoms with Crippen molar-refractivity contribution in [3.05, 3.63) is 119 Å². The van der Waals surface area contributed by atoms with Gasteiger partial charge in [0.2, 0.25) is 20.0 Å². The van der Waals surface area contributed by atoms with Crippen molar-refractivity contribution < 1.29 is 16.8 Å². The van der Waals surface area contributed by atoms with E-state index in [9.17, 15) is 16.8 Å². The predicted octanol–water partition coefficient (Wildman–Crippen LogP) is 8.41. The molecule has 1 saturated heterocycles. The van der Waals surface area contributed by atoms with Gasteiger partial charge in [-0.15, -0.1) is 0 Å². The molecule has 3 atom stereocenters. The van der Waals surface area contributed by atoms with Crippen LogP contribution in [-0.4, -0.2) is 56.3 Å². The minimum atomic E-state index is -3.58. The summed E-state index contributed by atoms with van der Waals surface area (Å²) in [6.07, 6.45) is 5.37. The molecule has 2 aromatic heterocycles. The van der Waals surface area contributed by atoms with E-state index in [-0.39, 0.29) is 12.1 Å². The first kappa shape index (κ1) is 40.6. The van der Waals surface area contributed by atoms with Crippen LogP contribution in [0.5, 0.6) is 0 Å². The highest BCUT2D eigenvalue weighted by molar-refractivity contribution is 7.89. The Morgan fingerprint density at radius 3 is 1.78 bits per heavy atom. The number of hydrogen-bond acceptors (Lipinski definition) is 6. The molecule has 6 aromatic rings. The number of nitrogens with one attached hydrogen (secondary N) is 4. The van der Waals surface area contributed by atoms with Crippen molar-refractivity contribution in [3.63, 3.8) is 0 Å². The number of para-hydroxylation sites is 2. The van der Waals surface area contributed by atoms with Gasteiger partial charge in [-0.05, 0) is 101 Å². The van der Waals surface area contributed by atoms with Crippen LogP contribution in [0.2, 0.25) is 0 Å². The van der Waals surface area contributed by atoms with E-state index in [4.69, 9.17) is 5.73 Å². The SMILES string of the molecule is CC[C@@H](CNc1cccc2cc[nH]c12)NS(=O)(=O)c1c(C)cc(C)cc1C.CC[C@H]1CN1S(=O)(=O)c1c(C)cc(C)cc1C.Nc1cccc2cc[nH]c12. The van der Waals surface area contributed by atoms with Crippen LogP contribution in [0, 0.1) is 41.5 Å². The first-order chi connectivity index (χ1) is 25.6. The van der Waals surface area contributed by atoms with E-state index in [1.54, 1.807) is 4.31 Å². The van der Waals surface area contributed by atoms with E-state index in [0.29, 0.717) is 29.3 Å². The Labute approximate surface area is 320 Å². The minimum absolute atomic E-state index is 0.208. The van der Waals surface area contributed by atoms with Crippen LogP contribution in [0.15, 0.2) is 95.0 Å². The number of benzene rings is 4. The molecule has 0 spiro atoms. The standard InChI is InChI=1S/C21H27N3O2S.C13H19NO2S.C8H8N2/c1-5-18(13-23-19-8-6-7-17-9-10-22-20(17)19)24-27(25,26)21-15(3)11-14(2)12-16(21)4;1-5-12-8-14(12)17(15,16)13-10(3)6-9(2)7-11(13)4;9-7-3-1-2-6-4-5-10-8(6)7/h6-12,18,22-24H,5,13H2,1-4H3;6-7,12H,5,8H2,1-4H3;1-5,10H,9H2/t18-;12-,14?;/m00./s1. The number of sulfonamides is 2. The molecule has 1 unspecified atom stereocenters. The van der Waals surface area contributed by atoms with Crippen LogP contribution in [0.3, 0.4) is 0 Å². The lowest BCUT2D eigenvalue weighted by atomic mass is 10.1. The van der Waals surface area contributed by atoms with Gasteiger partial charge >= 0.3 is 0 Å². The molecule has 1 aliphatic heterocycles. The van der Waals surface area contributed by atoms with Crippen LogP contribution in [-0.2, 0) is 20.0 Å². The molecule has 3 heterocycles. The molecule has 0 aliphatic carbocycles. The quantitative estimate of drug-likeness (QED) is 0.0697. The van der Waals surface area contributed by atoms with Crippen LogP contribution in [0.4, 0.5) is 11.4 Å². The summed E-state index contributed by atoms with van der Waals surface area (Å²) in [5.41, 5.74) is 14.9. The lowest BCUT2D eigenvalue weighted by molar-refractivity contribution is 0.546. The Hall–Kier alpha value is -4.62. The molecule has 1 aliphatic rings. The summed E-state index contributed by atoms with van der Waals surface area (Å²) in [5.74, 6) is 0. The Kier molecular flexibility index (Phi) is 12.6. The maximum atomic E-state index is 13.0. The van der Waals surface area contributed by atoms with Gasteiger partial charge in [-0.1, -0.05) is 73.5 Å². The molecule has 0 amide bonds. The monoisotopic (exact) mass is 770 g/mol. The minimum Gasteiger partial charge on any atom is -0.397 e. The van der Waals surface area contributed by atoms with Crippen molar-refractivity contribution in [1.82, 2.24) is 19.0 Å². The first-order valence-corrected chi connectivity index (χ1v) is 21.3. The van der Waals surface area contributed by atoms with Gasteiger partial charge in [0.1, 0.15) is 0 Å². The number of nitrogens with two attached hydrogens (primary N) is 1. The van der Waals surface area contributed by atoms with E-state index < -0.39 is 20.0 Å². The van der Waals surface area contributed by atoms with Crippen molar-refractivity contribution in [2.24, 2.45) is 0 Å². The first-order valence-electron chi connectivity index (χ1n) is 18.4. The number of fused-ring (bicyclic) bond motifs is 2. The fraction of sp³-hybridized carbons (Fsp3) is 0.333. The van der Waals surface area contributed by atoms with Crippen LogP contribution >= 0.6 is 0 Å². The average molecular weight is 771 g/mol. The van der Waals surface area contributed by atoms with Crippen molar-refractivity contribution >= 4 is 53.2 Å². The summed E-state index contributed by atoms with van der Waals surface area (Å²) in [6, 6.07) is 23.6. The normalized spacial score (nSPS) is 15.9. The van der Waals surface area contributed by atoms with Crippen molar-refractivity contribution in [1.29, 1.82) is 0 Å². The number of aromatic amines is 2. The third kappa shape index (κ3) is 9.18. The lowest BCUT2D eigenvalue weighted by Crippen LogP contribution is -2.39. The molecule has 54 heavy (non-hydrogen) atoms. The fourth-order valence-corrected chi connectivity index (χ4v) is 11.0. The topological polar surface area (TPSA) is 153 Å². The van der Waals surface area contributed by atoms with Crippen molar-refractivity contribution in [3.8, 4) is 0 Å². The van der Waals surface area contributed by atoms with Crippen molar-refractivity contribution in [2.45, 2.75) is 90.1 Å². The van der Waals surface area contributed by atoms with Gasteiger partial charge in [0, 0.05) is 48.3 Å². The van der Waals surface area contributed by atoms with Crippen LogP contribution in [0.25, 0.3) is 21.8 Å². The number of H-pyrrole nitrogens is 2. The zero-order chi connectivity index (χ0) is 39.4. The van der Waals surface area contributed by atoms with Crippen molar-refractivity contribution in [2.75, 3.05) is 24.1 Å². The number of hydrogen-bond donors (Lipinski definition) is 5. The highest BCUT2D eigenvalue weighted by Gasteiger charge is 2.44. The third-order valence-corrected chi connectivity index (χ3v) is 13.8. The summed E-state index contributed by atoms with van der Waals surface area (Å²) >= 11 is 0. The molecular formula is C42H54N6O4S2. The Morgan fingerprint density at radius 1 is 0.741 bits per heavy atom. The number of nitrogens with zero attached hydrogens (tertiary/aromatic N) is 1. The van der Waals surface area contributed by atoms with E-state index in [1.165, 1.54) is 5.39 Å². The lowest BCUT2D eigenvalue weighted by Gasteiger charge is -2.20. The maximum absolute atomic E-state index is 13.0. The van der Waals surface area contributed by atoms with E-state index in [1.807, 2.05) is 141 Å². The third-order valence-electron chi connectivity index (χ3n) is 9.74. The fourth-order valence-electron chi connectivity index (χ4n) is 7.19. The van der Waals surface area contributed by atoms with E-state index in [2.05, 4.69) is 20.0 Å². The molecule has 0 saturated carbocycles. The summed E-state index contributed by atoms with van der Waals surface area (Å²) in [4.78, 5) is 7.17. The highest BCUT2D eigenvalue weighted by atomic mass is 32.2. The molecule has 10 nitrogen and oxygen atoms in total. The van der Waals surface area contributed by atoms with E-state index in [0.717, 1.165) is 67.6 Å². The molecule has 4 aromatic carbocycles. The second-order valence-corrected chi connectivity index (χ2v) is 17.7. The van der Waals surface area contributed by atoms with Crippen LogP contribution in [0.1, 0.15) is 60.1 Å². The number of aromatic nitrogens is 2. The van der Waals surface area contributed by atoms with Gasteiger partial charge < -0.3 is 21.0 Å². The summed E-state index contributed by atoms with van der Waals surface area (Å²) in [5, 5.41) is 5.67. The molecule has 0 radical (unpaired) electrons. The second kappa shape index (κ2) is 16.8. The smallest absolute Gasteiger partial charge is 0.243 e. The zero-order valence-electron chi connectivity index (χ0n) is 32.5. The molecule has 7 rings (SSSR count). The highest BCUT2D eigenvalue weighted by Crippen LogP contribution is 2.33. The number of aryl methyl sites for hydroxylation is 6. The number of nitrogen functional groups attached to an aromatic ring is 1. The molecule has 12 heteroatoms. The molecule has 0 bridgehead atoms. The van der Waals surface area contributed by atoms with Gasteiger partial charge in [0.05, 0.1) is 32.2 Å². The second-order valence-electron chi connectivity index (χ2n) is 14.2. The number of anilines is 2. The van der Waals surface area contributed by atoms with Gasteiger partial charge in [-0.25, -0.2) is 21.6 Å². The molecule has 1 fully saturated rings. The van der Waals surface area contributed by atoms with Gasteiger partial charge in [-0.2, -0.15) is 4.31 Å². The molecular weight excluding hydrogens is 717 g/mol. The maximum Gasteiger partial charge on any atom is 0.243 e. The van der Waals surface area contributed by atoms with Crippen LogP contribution < -0.4 is 15.8 Å². The summed E-state index contributed by atoms with van der Waals surface area (Å²) in [7, 11) is -6.86. The average Bonchev–Trinajstić information content (AvgIpc) is 3.47. The number of rotatable bonds is 10. The Morgan fingerprint density at radius 2 is 1.26 bits per heavy atom. The Bertz CT molecular complexity index is 2420. The molecule has 288 valence electrons. The largest absolute Gasteiger partial charge is 0.397 e. The van der Waals surface area contributed by atoms with Gasteiger partial charge in [0.25, 0.3) is 0 Å². The van der Waals surface area contributed by atoms with Gasteiger partial charge in [-0.3, -0.25) is 0 Å². The van der Waals surface area contributed by atoms with E-state index >= 15 is 0 Å². The van der Waals surface area contributed by atoms with Gasteiger partial charge in [0.15, 0.2) is 0 Å². The zero-order valence-corrected chi connectivity index (χ0v) is 34.2.